The molecule has 0 unspecified atom stereocenters. The van der Waals surface area contributed by atoms with Crippen molar-refractivity contribution in [3.05, 3.63) is 71.8 Å². The molecule has 3 N–H and O–H groups in total. The van der Waals surface area contributed by atoms with Crippen LogP contribution in [0.5, 0.6) is 0 Å². The number of rotatable bonds is 3. The molecule has 0 aromatic heterocycles. The third-order valence-corrected chi connectivity index (χ3v) is 3.37. The molecule has 0 saturated carbocycles. The molecular weight excluding hydrogens is 228 g/mol. The summed E-state index contributed by atoms with van der Waals surface area (Å²) in [7, 11) is 0. The van der Waals surface area contributed by atoms with E-state index in [1.807, 2.05) is 12.1 Å². The van der Waals surface area contributed by atoms with Gasteiger partial charge < -0.3 is 15.3 Å². The topological polar surface area (TPSA) is 60.7 Å². The zero-order chi connectivity index (χ0) is 13.2. The van der Waals surface area contributed by atoms with Gasteiger partial charge in [0, 0.05) is 0 Å². The van der Waals surface area contributed by atoms with Gasteiger partial charge >= 0.3 is 0 Å². The van der Waals surface area contributed by atoms with Crippen molar-refractivity contribution < 1.29 is 15.3 Å². The van der Waals surface area contributed by atoms with Crippen LogP contribution in [0.4, 0.5) is 0 Å². The molecule has 0 aliphatic heterocycles. The van der Waals surface area contributed by atoms with E-state index in [0.29, 0.717) is 11.1 Å². The van der Waals surface area contributed by atoms with E-state index in [1.165, 1.54) is 0 Å². The molecule has 18 heavy (non-hydrogen) atoms. The van der Waals surface area contributed by atoms with E-state index in [2.05, 4.69) is 0 Å². The maximum Gasteiger partial charge on any atom is 0.289 e. The molecule has 2 aromatic rings. The van der Waals surface area contributed by atoms with Crippen LogP contribution in [-0.2, 0) is 5.41 Å². The van der Waals surface area contributed by atoms with Crippen molar-refractivity contribution in [1.82, 2.24) is 0 Å². The molecule has 2 aromatic carbocycles. The van der Waals surface area contributed by atoms with Gasteiger partial charge in [0.05, 0.1) is 5.41 Å². The fourth-order valence-corrected chi connectivity index (χ4v) is 2.10. The maximum absolute atomic E-state index is 9.75. The SMILES string of the molecule is CC(c1ccccc1)(c1ccccc1)C(O)(O)O. The average molecular weight is 244 g/mol. The van der Waals surface area contributed by atoms with Crippen LogP contribution in [0, 0.1) is 0 Å². The molecule has 0 fully saturated rings. The quantitative estimate of drug-likeness (QED) is 0.719. The van der Waals surface area contributed by atoms with Crippen LogP contribution >= 0.6 is 0 Å². The van der Waals surface area contributed by atoms with Crippen molar-refractivity contribution in [2.24, 2.45) is 0 Å². The summed E-state index contributed by atoms with van der Waals surface area (Å²) in [5, 5.41) is 29.3. The Morgan fingerprint density at radius 3 is 1.28 bits per heavy atom. The van der Waals surface area contributed by atoms with Gasteiger partial charge in [0.1, 0.15) is 0 Å². The van der Waals surface area contributed by atoms with Gasteiger partial charge in [0.25, 0.3) is 5.97 Å². The monoisotopic (exact) mass is 244 g/mol. The normalized spacial score (nSPS) is 12.4. The van der Waals surface area contributed by atoms with Crippen LogP contribution in [0.1, 0.15) is 18.1 Å². The Kier molecular flexibility index (Phi) is 3.22. The van der Waals surface area contributed by atoms with E-state index in [1.54, 1.807) is 55.5 Å². The number of benzene rings is 2. The zero-order valence-electron chi connectivity index (χ0n) is 10.1. The summed E-state index contributed by atoms with van der Waals surface area (Å²) in [6.07, 6.45) is 0. The first-order chi connectivity index (χ1) is 8.46. The van der Waals surface area contributed by atoms with Gasteiger partial charge in [-0.2, -0.15) is 0 Å². The molecule has 0 bridgehead atoms. The van der Waals surface area contributed by atoms with Crippen molar-refractivity contribution in [1.29, 1.82) is 0 Å². The van der Waals surface area contributed by atoms with Crippen molar-refractivity contribution in [3.8, 4) is 0 Å². The number of hydrogen-bond donors (Lipinski definition) is 3. The molecule has 94 valence electrons. The Bertz CT molecular complexity index is 461. The Balaban J connectivity index is 2.63. The Hall–Kier alpha value is -1.68. The summed E-state index contributed by atoms with van der Waals surface area (Å²) < 4.78 is 0. The van der Waals surface area contributed by atoms with E-state index in [4.69, 9.17) is 0 Å². The molecule has 0 aliphatic rings. The highest BCUT2D eigenvalue weighted by Gasteiger charge is 2.47. The highest BCUT2D eigenvalue weighted by Crippen LogP contribution is 2.38. The Morgan fingerprint density at radius 1 is 0.667 bits per heavy atom. The first-order valence-corrected chi connectivity index (χ1v) is 5.74. The van der Waals surface area contributed by atoms with Crippen molar-refractivity contribution in [3.63, 3.8) is 0 Å². The highest BCUT2D eigenvalue weighted by molar-refractivity contribution is 5.40. The lowest BCUT2D eigenvalue weighted by atomic mass is 9.74. The van der Waals surface area contributed by atoms with Gasteiger partial charge in [0.2, 0.25) is 0 Å². The minimum atomic E-state index is -2.84. The summed E-state index contributed by atoms with van der Waals surface area (Å²) in [5.41, 5.74) is -0.0531. The van der Waals surface area contributed by atoms with Crippen LogP contribution in [0.2, 0.25) is 0 Å². The standard InChI is InChI=1S/C15H16O3/c1-14(15(16,17)18,12-8-4-2-5-9-12)13-10-6-3-7-11-13/h2-11,16-18H,1H3. The molecule has 0 aliphatic carbocycles. The third-order valence-electron chi connectivity index (χ3n) is 3.37. The molecule has 3 heteroatoms. The Morgan fingerprint density at radius 2 is 1.00 bits per heavy atom. The lowest BCUT2D eigenvalue weighted by molar-refractivity contribution is -0.341. The van der Waals surface area contributed by atoms with Crippen LogP contribution < -0.4 is 0 Å². The van der Waals surface area contributed by atoms with Crippen molar-refractivity contribution in [2.75, 3.05) is 0 Å². The van der Waals surface area contributed by atoms with Gasteiger partial charge in [-0.1, -0.05) is 60.7 Å². The average Bonchev–Trinajstić information content (AvgIpc) is 2.38. The second-order valence-corrected chi connectivity index (χ2v) is 4.49. The molecule has 0 amide bonds. The summed E-state index contributed by atoms with van der Waals surface area (Å²) in [6.45, 7) is 1.59. The van der Waals surface area contributed by atoms with Crippen LogP contribution in [0.15, 0.2) is 60.7 Å². The number of hydrogen-bond acceptors (Lipinski definition) is 3. The smallest absolute Gasteiger partial charge is 0.289 e. The zero-order valence-corrected chi connectivity index (χ0v) is 10.1. The van der Waals surface area contributed by atoms with Gasteiger partial charge in [-0.05, 0) is 18.1 Å². The largest absolute Gasteiger partial charge is 0.343 e. The first-order valence-electron chi connectivity index (χ1n) is 5.74. The van der Waals surface area contributed by atoms with Gasteiger partial charge in [-0.25, -0.2) is 0 Å². The van der Waals surface area contributed by atoms with E-state index >= 15 is 0 Å². The molecule has 2 rings (SSSR count). The van der Waals surface area contributed by atoms with Crippen LogP contribution in [-0.4, -0.2) is 21.3 Å². The van der Waals surface area contributed by atoms with Gasteiger partial charge in [-0.15, -0.1) is 0 Å². The molecule has 0 heterocycles. The summed E-state index contributed by atoms with van der Waals surface area (Å²) in [5.74, 6) is -2.84. The summed E-state index contributed by atoms with van der Waals surface area (Å²) in [6, 6.07) is 17.9. The number of aliphatic hydroxyl groups is 3. The highest BCUT2D eigenvalue weighted by atomic mass is 16.7. The van der Waals surface area contributed by atoms with Crippen LogP contribution in [0.3, 0.4) is 0 Å². The second kappa shape index (κ2) is 4.53. The van der Waals surface area contributed by atoms with Gasteiger partial charge in [0.15, 0.2) is 0 Å². The van der Waals surface area contributed by atoms with E-state index in [9.17, 15) is 15.3 Å². The molecule has 0 saturated heterocycles. The lowest BCUT2D eigenvalue weighted by Gasteiger charge is -2.37. The fraction of sp³-hybridized carbons (Fsp3) is 0.200. The summed E-state index contributed by atoms with van der Waals surface area (Å²) in [4.78, 5) is 0. The van der Waals surface area contributed by atoms with Crippen LogP contribution in [0.25, 0.3) is 0 Å². The van der Waals surface area contributed by atoms with Crippen molar-refractivity contribution in [2.45, 2.75) is 18.3 Å². The maximum atomic E-state index is 9.75. The third kappa shape index (κ3) is 2.04. The van der Waals surface area contributed by atoms with Gasteiger partial charge in [-0.3, -0.25) is 0 Å². The van der Waals surface area contributed by atoms with Crippen molar-refractivity contribution >= 4 is 0 Å². The molecular formula is C15H16O3. The van der Waals surface area contributed by atoms with E-state index < -0.39 is 11.4 Å². The minimum Gasteiger partial charge on any atom is -0.343 e. The second-order valence-electron chi connectivity index (χ2n) is 4.49. The summed E-state index contributed by atoms with van der Waals surface area (Å²) >= 11 is 0. The predicted octanol–water partition coefficient (Wildman–Crippen LogP) is 1.62. The van der Waals surface area contributed by atoms with E-state index in [-0.39, 0.29) is 0 Å². The minimum absolute atomic E-state index is 0.628. The molecule has 0 spiro atoms. The lowest BCUT2D eigenvalue weighted by Crippen LogP contribution is -2.50. The first kappa shape index (κ1) is 12.8. The fourth-order valence-electron chi connectivity index (χ4n) is 2.10. The molecule has 0 atom stereocenters. The van der Waals surface area contributed by atoms with E-state index in [0.717, 1.165) is 0 Å². The molecule has 0 radical (unpaired) electrons. The Labute approximate surface area is 106 Å². The predicted molar refractivity (Wildman–Crippen MR) is 68.7 cm³/mol. The molecule has 3 nitrogen and oxygen atoms in total.